The van der Waals surface area contributed by atoms with Gasteiger partial charge in [-0.05, 0) is 48.0 Å². The molecule has 0 radical (unpaired) electrons. The van der Waals surface area contributed by atoms with Crippen molar-refractivity contribution in [2.24, 2.45) is 5.92 Å². The number of rotatable bonds is 7. The van der Waals surface area contributed by atoms with Gasteiger partial charge in [-0.3, -0.25) is 13.9 Å². The van der Waals surface area contributed by atoms with Crippen LogP contribution in [0.5, 0.6) is 0 Å². The van der Waals surface area contributed by atoms with Crippen molar-refractivity contribution in [1.29, 1.82) is 0 Å². The Labute approximate surface area is 204 Å². The number of hydrogen-bond acceptors (Lipinski definition) is 7. The predicted molar refractivity (Wildman–Crippen MR) is 127 cm³/mol. The second-order valence-electron chi connectivity index (χ2n) is 10.2. The summed E-state index contributed by atoms with van der Waals surface area (Å²) in [6, 6.07) is -1.42. The van der Waals surface area contributed by atoms with Gasteiger partial charge in [-0.25, -0.2) is 19.3 Å². The summed E-state index contributed by atoms with van der Waals surface area (Å²) < 4.78 is 23.4. The third-order valence-corrected chi connectivity index (χ3v) is 6.56. The summed E-state index contributed by atoms with van der Waals surface area (Å²) in [6.07, 6.45) is -0.916. The van der Waals surface area contributed by atoms with Gasteiger partial charge in [-0.2, -0.15) is 0 Å². The minimum Gasteiger partial charge on any atom is -0.480 e. The van der Waals surface area contributed by atoms with Crippen molar-refractivity contribution in [1.82, 2.24) is 9.80 Å². The van der Waals surface area contributed by atoms with Crippen molar-refractivity contribution in [3.63, 3.8) is 0 Å². The van der Waals surface area contributed by atoms with Crippen LogP contribution in [0.1, 0.15) is 68.2 Å². The Morgan fingerprint density at radius 3 is 2.06 bits per heavy atom. The summed E-state index contributed by atoms with van der Waals surface area (Å²) in [5.74, 6) is -2.63. The second-order valence-corrected chi connectivity index (χ2v) is 12.0. The Bertz CT molecular complexity index is 845. The smallest absolute Gasteiger partial charge is 0.419 e. The summed E-state index contributed by atoms with van der Waals surface area (Å²) in [4.78, 5) is 53.7. The average Bonchev–Trinajstić information content (AvgIpc) is 2.98. The number of carboxylic acid groups (broad SMARTS) is 1. The third-order valence-electron chi connectivity index (χ3n) is 5.26. The van der Waals surface area contributed by atoms with Gasteiger partial charge in [0, 0.05) is 41.6 Å². The van der Waals surface area contributed by atoms with E-state index >= 15 is 0 Å². The molecule has 1 heterocycles. The number of likely N-dealkylation sites (tertiary alicyclic amines) is 1. The minimum absolute atomic E-state index is 0.000938. The summed E-state index contributed by atoms with van der Waals surface area (Å²) >= 11 is 0. The van der Waals surface area contributed by atoms with Gasteiger partial charge in [0.1, 0.15) is 22.9 Å². The molecule has 1 aliphatic heterocycles. The molecular formula is C23H38N2O8S. The van der Waals surface area contributed by atoms with E-state index in [4.69, 9.17) is 9.47 Å². The first-order chi connectivity index (χ1) is 15.4. The monoisotopic (exact) mass is 502 g/mol. The lowest BCUT2D eigenvalue weighted by molar-refractivity contribution is -0.152. The highest BCUT2D eigenvalue weighted by molar-refractivity contribution is 7.84. The molecule has 1 N–H and O–H groups in total. The highest BCUT2D eigenvalue weighted by atomic mass is 32.2. The number of carbonyl (C=O) groups is 4. The molecule has 0 aliphatic carbocycles. The van der Waals surface area contributed by atoms with E-state index in [1.54, 1.807) is 48.5 Å². The predicted octanol–water partition coefficient (Wildman–Crippen LogP) is 3.52. The zero-order valence-corrected chi connectivity index (χ0v) is 22.2. The average molecular weight is 503 g/mol. The van der Waals surface area contributed by atoms with Crippen LogP contribution < -0.4 is 0 Å². The quantitative estimate of drug-likeness (QED) is 0.523. The molecular weight excluding hydrogens is 464 g/mol. The maximum absolute atomic E-state index is 13.4. The van der Waals surface area contributed by atoms with Gasteiger partial charge >= 0.3 is 18.2 Å². The van der Waals surface area contributed by atoms with Gasteiger partial charge in [-0.1, -0.05) is 13.0 Å². The normalized spacial score (nSPS) is 23.7. The number of carboxylic acids is 1. The lowest BCUT2D eigenvalue weighted by Crippen LogP contribution is -2.68. The fourth-order valence-corrected chi connectivity index (χ4v) is 4.86. The first-order valence-electron chi connectivity index (χ1n) is 11.2. The van der Waals surface area contributed by atoms with Gasteiger partial charge in [-0.15, -0.1) is 6.58 Å². The van der Waals surface area contributed by atoms with Crippen LogP contribution in [0.15, 0.2) is 12.7 Å². The maximum atomic E-state index is 13.4. The summed E-state index contributed by atoms with van der Waals surface area (Å²) in [7, 11) is -1.35. The first-order valence-corrected chi connectivity index (χ1v) is 12.7. The minimum atomic E-state index is -1.84. The lowest BCUT2D eigenvalue weighted by Gasteiger charge is -2.48. The number of nitrogens with zero attached hydrogens (tertiary/aromatic N) is 2. The number of aliphatic carboxylic acids is 1. The lowest BCUT2D eigenvalue weighted by atomic mass is 9.88. The number of imide groups is 1. The van der Waals surface area contributed by atoms with E-state index in [-0.39, 0.29) is 18.6 Å². The van der Waals surface area contributed by atoms with Gasteiger partial charge < -0.3 is 14.6 Å². The Kier molecular flexibility index (Phi) is 9.47. The van der Waals surface area contributed by atoms with Crippen molar-refractivity contribution < 1.29 is 38.0 Å². The van der Waals surface area contributed by atoms with E-state index in [0.29, 0.717) is 5.75 Å². The summed E-state index contributed by atoms with van der Waals surface area (Å²) in [5.41, 5.74) is -3.81. The van der Waals surface area contributed by atoms with Crippen molar-refractivity contribution in [2.45, 2.75) is 91.1 Å². The van der Waals surface area contributed by atoms with E-state index in [0.717, 1.165) is 16.7 Å². The van der Waals surface area contributed by atoms with Crippen molar-refractivity contribution in [3.8, 4) is 0 Å². The van der Waals surface area contributed by atoms with E-state index < -0.39 is 63.7 Å². The number of hydrogen-bond donors (Lipinski definition) is 1. The van der Waals surface area contributed by atoms with Crippen molar-refractivity contribution in [3.05, 3.63) is 12.7 Å². The van der Waals surface area contributed by atoms with Gasteiger partial charge in [0.05, 0.1) is 0 Å². The Morgan fingerprint density at radius 1 is 1.15 bits per heavy atom. The topological polar surface area (TPSA) is 131 Å². The molecule has 1 saturated heterocycles. The fraction of sp³-hybridized carbons (Fsp3) is 0.739. The summed E-state index contributed by atoms with van der Waals surface area (Å²) in [6.45, 7) is 16.3. The van der Waals surface area contributed by atoms with Gasteiger partial charge in [0.2, 0.25) is 5.91 Å². The molecule has 4 atom stereocenters. The van der Waals surface area contributed by atoms with Crippen LogP contribution >= 0.6 is 0 Å². The Morgan fingerprint density at radius 2 is 1.68 bits per heavy atom. The molecule has 1 unspecified atom stereocenters. The Hall–Kier alpha value is -2.43. The van der Waals surface area contributed by atoms with E-state index in [1.165, 1.54) is 6.08 Å². The SMILES string of the molecule is C=C[C@@H]1C[C@H](C(=O)O)N(C(=O)OC(C)(C)C)[C@]1(CCS(=O)CC)N(C(C)=O)C(=O)OC(C)(C)C. The molecule has 0 aromatic rings. The van der Waals surface area contributed by atoms with Crippen LogP contribution in [-0.2, 0) is 29.9 Å². The van der Waals surface area contributed by atoms with E-state index in [1.807, 2.05) is 0 Å². The van der Waals surface area contributed by atoms with Crippen LogP contribution in [0.3, 0.4) is 0 Å². The second kappa shape index (κ2) is 10.9. The fourth-order valence-electron chi connectivity index (χ4n) is 4.04. The number of amides is 3. The highest BCUT2D eigenvalue weighted by Crippen LogP contribution is 2.46. The largest absolute Gasteiger partial charge is 0.480 e. The Balaban J connectivity index is 3.91. The van der Waals surface area contributed by atoms with Crippen molar-refractivity contribution >= 4 is 34.9 Å². The van der Waals surface area contributed by atoms with Crippen LogP contribution in [0, 0.1) is 5.92 Å². The maximum Gasteiger partial charge on any atom is 0.419 e. The molecule has 0 saturated carbocycles. The molecule has 3 amide bonds. The van der Waals surface area contributed by atoms with Crippen LogP contribution in [0.25, 0.3) is 0 Å². The van der Waals surface area contributed by atoms with Gasteiger partial charge in [0.25, 0.3) is 0 Å². The molecule has 1 rings (SSSR count). The number of carbonyl (C=O) groups excluding carboxylic acids is 3. The molecule has 10 nitrogen and oxygen atoms in total. The molecule has 0 aromatic carbocycles. The molecule has 0 aromatic heterocycles. The molecule has 11 heteroatoms. The molecule has 1 aliphatic rings. The molecule has 1 fully saturated rings. The zero-order chi connectivity index (χ0) is 26.6. The standard InChI is InChI=1S/C23H38N2O8S/c1-10-16-14-17(18(27)28)25(20(30)33-22(7,8)9)23(16,12-13-34(31)11-2)24(15(3)26)19(29)32-21(4,5)6/h10,16-17H,1,11-14H2,2-9H3,(H,27,28)/t16-,17-,23+,34?/m1/s1. The summed E-state index contributed by atoms with van der Waals surface area (Å²) in [5, 5.41) is 9.98. The van der Waals surface area contributed by atoms with Gasteiger partial charge in [0.15, 0.2) is 0 Å². The zero-order valence-electron chi connectivity index (χ0n) is 21.4. The first kappa shape index (κ1) is 29.6. The van der Waals surface area contributed by atoms with Crippen LogP contribution in [-0.4, -0.2) is 77.6 Å². The van der Waals surface area contributed by atoms with E-state index in [9.17, 15) is 28.5 Å². The molecule has 0 bridgehead atoms. The third kappa shape index (κ3) is 6.80. The van der Waals surface area contributed by atoms with Crippen LogP contribution in [0.2, 0.25) is 0 Å². The highest BCUT2D eigenvalue weighted by Gasteiger charge is 2.63. The van der Waals surface area contributed by atoms with E-state index in [2.05, 4.69) is 6.58 Å². The molecule has 194 valence electrons. The van der Waals surface area contributed by atoms with Crippen molar-refractivity contribution in [2.75, 3.05) is 11.5 Å². The molecule has 34 heavy (non-hydrogen) atoms. The van der Waals surface area contributed by atoms with Crippen LogP contribution in [0.4, 0.5) is 9.59 Å². The number of ether oxygens (including phenoxy) is 2. The molecule has 0 spiro atoms.